The summed E-state index contributed by atoms with van der Waals surface area (Å²) in [6.07, 6.45) is 3.03. The Hall–Kier alpha value is -3.13. The fourth-order valence-corrected chi connectivity index (χ4v) is 4.39. The van der Waals surface area contributed by atoms with E-state index in [1.807, 2.05) is 42.2 Å². The fourth-order valence-electron chi connectivity index (χ4n) is 3.50. The zero-order valence-corrected chi connectivity index (χ0v) is 18.5. The summed E-state index contributed by atoms with van der Waals surface area (Å²) >= 11 is 1.78. The molecule has 1 aromatic carbocycles. The number of thiophene rings is 1. The number of oxazole rings is 1. The number of fused-ring (bicyclic) bond motifs is 1. The Morgan fingerprint density at radius 3 is 2.97 bits per heavy atom. The van der Waals surface area contributed by atoms with E-state index in [-0.39, 0.29) is 5.91 Å². The van der Waals surface area contributed by atoms with Crippen molar-refractivity contribution in [1.82, 2.24) is 20.5 Å². The van der Waals surface area contributed by atoms with Crippen LogP contribution in [0.2, 0.25) is 0 Å². The van der Waals surface area contributed by atoms with E-state index in [1.165, 1.54) is 10.4 Å². The number of nitrogens with one attached hydrogen (secondary N) is 2. The lowest BCUT2D eigenvalue weighted by Gasteiger charge is -2.27. The second-order valence-electron chi connectivity index (χ2n) is 7.32. The van der Waals surface area contributed by atoms with Gasteiger partial charge in [0.2, 0.25) is 11.8 Å². The summed E-state index contributed by atoms with van der Waals surface area (Å²) in [7, 11) is 0. The monoisotopic (exact) mass is 437 g/mol. The van der Waals surface area contributed by atoms with Gasteiger partial charge in [-0.15, -0.1) is 11.3 Å². The molecule has 0 unspecified atom stereocenters. The predicted molar refractivity (Wildman–Crippen MR) is 123 cm³/mol. The van der Waals surface area contributed by atoms with Crippen LogP contribution in [0.15, 0.2) is 57.5 Å². The number of aliphatic imine (C=N–C) groups is 1. The summed E-state index contributed by atoms with van der Waals surface area (Å²) in [6.45, 7) is 5.20. The molecule has 2 aromatic heterocycles. The number of aromatic nitrogens is 1. The highest BCUT2D eigenvalue weighted by molar-refractivity contribution is 7.10. The van der Waals surface area contributed by atoms with Crippen LogP contribution in [0, 0.1) is 0 Å². The number of amides is 1. The molecule has 1 aliphatic rings. The summed E-state index contributed by atoms with van der Waals surface area (Å²) in [5, 5.41) is 8.57. The van der Waals surface area contributed by atoms with Crippen LogP contribution in [0.25, 0.3) is 11.5 Å². The smallest absolute Gasteiger partial charge is 0.226 e. The van der Waals surface area contributed by atoms with E-state index < -0.39 is 0 Å². The van der Waals surface area contributed by atoms with Crippen molar-refractivity contribution in [2.24, 2.45) is 4.99 Å². The summed E-state index contributed by atoms with van der Waals surface area (Å²) in [6, 6.07) is 11.9. The molecular formula is C23H27N5O2S. The fraction of sp³-hybridized carbons (Fsp3) is 0.348. The molecule has 31 heavy (non-hydrogen) atoms. The standard InChI is InChI=1S/C23H27N5O2S/c1-2-24-23(26-14-19-16-30-22(27-19)17-6-4-3-5-7-17)25-11-8-21(29)28-12-9-20-18(15-28)10-13-31-20/h3-7,10,13,16H,2,8-9,11-12,14-15H2,1H3,(H2,24,25,26). The van der Waals surface area contributed by atoms with Gasteiger partial charge in [-0.25, -0.2) is 9.98 Å². The molecule has 1 amide bonds. The maximum Gasteiger partial charge on any atom is 0.226 e. The van der Waals surface area contributed by atoms with Crippen molar-refractivity contribution in [2.75, 3.05) is 19.6 Å². The first-order valence-corrected chi connectivity index (χ1v) is 11.5. The highest BCUT2D eigenvalue weighted by Gasteiger charge is 2.21. The van der Waals surface area contributed by atoms with E-state index in [0.29, 0.717) is 31.4 Å². The molecular weight excluding hydrogens is 410 g/mol. The Kier molecular flexibility index (Phi) is 6.99. The first-order chi connectivity index (χ1) is 15.2. The van der Waals surface area contributed by atoms with Gasteiger partial charge >= 0.3 is 0 Å². The third-order valence-corrected chi connectivity index (χ3v) is 6.13. The van der Waals surface area contributed by atoms with Crippen molar-refractivity contribution in [3.8, 4) is 11.5 Å². The molecule has 0 aliphatic carbocycles. The van der Waals surface area contributed by atoms with Crippen molar-refractivity contribution in [3.63, 3.8) is 0 Å². The lowest BCUT2D eigenvalue weighted by Crippen LogP contribution is -2.41. The van der Waals surface area contributed by atoms with Crippen LogP contribution < -0.4 is 10.6 Å². The molecule has 0 fully saturated rings. The minimum Gasteiger partial charge on any atom is -0.444 e. The number of hydrogen-bond donors (Lipinski definition) is 2. The number of hydrogen-bond acceptors (Lipinski definition) is 5. The van der Waals surface area contributed by atoms with E-state index >= 15 is 0 Å². The zero-order chi connectivity index (χ0) is 21.5. The molecule has 0 saturated heterocycles. The van der Waals surface area contributed by atoms with E-state index in [9.17, 15) is 4.79 Å². The van der Waals surface area contributed by atoms with Gasteiger partial charge in [0.05, 0.1) is 6.54 Å². The summed E-state index contributed by atoms with van der Waals surface area (Å²) in [4.78, 5) is 25.0. The van der Waals surface area contributed by atoms with Gasteiger partial charge in [-0.05, 0) is 42.5 Å². The highest BCUT2D eigenvalue weighted by Crippen LogP contribution is 2.24. The Bertz CT molecular complexity index is 1030. The molecule has 4 rings (SSSR count). The summed E-state index contributed by atoms with van der Waals surface area (Å²) in [5.41, 5.74) is 2.98. The molecule has 0 saturated carbocycles. The average molecular weight is 438 g/mol. The van der Waals surface area contributed by atoms with E-state index in [2.05, 4.69) is 32.1 Å². The van der Waals surface area contributed by atoms with Crippen molar-refractivity contribution >= 4 is 23.2 Å². The molecule has 162 valence electrons. The number of nitrogens with zero attached hydrogens (tertiary/aromatic N) is 3. The molecule has 0 spiro atoms. The van der Waals surface area contributed by atoms with E-state index in [1.54, 1.807) is 17.6 Å². The Morgan fingerprint density at radius 1 is 1.26 bits per heavy atom. The third kappa shape index (κ3) is 5.52. The van der Waals surface area contributed by atoms with Crippen molar-refractivity contribution in [1.29, 1.82) is 0 Å². The van der Waals surface area contributed by atoms with Gasteiger partial charge in [-0.2, -0.15) is 0 Å². The molecule has 2 N–H and O–H groups in total. The van der Waals surface area contributed by atoms with Crippen molar-refractivity contribution < 1.29 is 9.21 Å². The van der Waals surface area contributed by atoms with Crippen LogP contribution in [0.5, 0.6) is 0 Å². The molecule has 3 heterocycles. The number of carbonyl (C=O) groups excluding carboxylic acids is 1. The first kappa shape index (κ1) is 21.1. The quantitative estimate of drug-likeness (QED) is 0.437. The lowest BCUT2D eigenvalue weighted by atomic mass is 10.1. The Labute approximate surface area is 186 Å². The molecule has 1 aliphatic heterocycles. The lowest BCUT2D eigenvalue weighted by molar-refractivity contribution is -0.131. The van der Waals surface area contributed by atoms with Gasteiger partial charge in [-0.1, -0.05) is 18.2 Å². The second kappa shape index (κ2) is 10.3. The minimum absolute atomic E-state index is 0.171. The molecule has 0 radical (unpaired) electrons. The summed E-state index contributed by atoms with van der Waals surface area (Å²) in [5.74, 6) is 1.42. The molecule has 7 nitrogen and oxygen atoms in total. The van der Waals surface area contributed by atoms with E-state index in [0.717, 1.165) is 37.3 Å². The van der Waals surface area contributed by atoms with Crippen LogP contribution >= 0.6 is 11.3 Å². The number of guanidine groups is 1. The second-order valence-corrected chi connectivity index (χ2v) is 8.32. The van der Waals surface area contributed by atoms with Crippen molar-refractivity contribution in [3.05, 3.63) is 64.2 Å². The molecule has 3 aromatic rings. The van der Waals surface area contributed by atoms with Gasteiger partial charge in [0.1, 0.15) is 12.0 Å². The largest absolute Gasteiger partial charge is 0.444 e. The van der Waals surface area contributed by atoms with Gasteiger partial charge in [-0.3, -0.25) is 4.79 Å². The Balaban J connectivity index is 1.27. The third-order valence-electron chi connectivity index (χ3n) is 5.11. The molecule has 8 heteroatoms. The number of benzene rings is 1. The normalized spacial score (nSPS) is 13.7. The maximum absolute atomic E-state index is 12.6. The van der Waals surface area contributed by atoms with Gasteiger partial charge in [0.25, 0.3) is 0 Å². The maximum atomic E-state index is 12.6. The van der Waals surface area contributed by atoms with Gasteiger partial charge < -0.3 is 20.0 Å². The zero-order valence-electron chi connectivity index (χ0n) is 17.6. The molecule has 0 atom stereocenters. The topological polar surface area (TPSA) is 82.8 Å². The Morgan fingerprint density at radius 2 is 2.13 bits per heavy atom. The van der Waals surface area contributed by atoms with Crippen LogP contribution in [0.3, 0.4) is 0 Å². The number of carbonyl (C=O) groups is 1. The van der Waals surface area contributed by atoms with Gasteiger partial charge in [0, 0.05) is 43.0 Å². The SMILES string of the molecule is CCNC(=NCc1coc(-c2ccccc2)n1)NCCC(=O)N1CCc2sccc2C1. The van der Waals surface area contributed by atoms with Crippen LogP contribution in [0.1, 0.15) is 29.5 Å². The van der Waals surface area contributed by atoms with Crippen LogP contribution in [-0.4, -0.2) is 41.4 Å². The average Bonchev–Trinajstić information content (AvgIpc) is 3.47. The number of rotatable bonds is 7. The predicted octanol–water partition coefficient (Wildman–Crippen LogP) is 3.43. The van der Waals surface area contributed by atoms with Crippen molar-refractivity contribution in [2.45, 2.75) is 32.9 Å². The summed E-state index contributed by atoms with van der Waals surface area (Å²) < 4.78 is 5.57. The van der Waals surface area contributed by atoms with E-state index in [4.69, 9.17) is 4.42 Å². The van der Waals surface area contributed by atoms with Crippen LogP contribution in [-0.2, 0) is 24.3 Å². The first-order valence-electron chi connectivity index (χ1n) is 10.6. The van der Waals surface area contributed by atoms with Crippen LogP contribution in [0.4, 0.5) is 0 Å². The molecule has 0 bridgehead atoms. The van der Waals surface area contributed by atoms with Gasteiger partial charge in [0.15, 0.2) is 5.96 Å². The minimum atomic E-state index is 0.171. The highest BCUT2D eigenvalue weighted by atomic mass is 32.1.